The molecular formula is C15H18N2O2. The number of fused-ring (bicyclic) bond motifs is 1. The topological polar surface area (TPSA) is 54.3 Å². The van der Waals surface area contributed by atoms with Crippen molar-refractivity contribution >= 4 is 16.9 Å². The number of carbonyl (C=O) groups is 1. The molecule has 100 valence electrons. The summed E-state index contributed by atoms with van der Waals surface area (Å²) in [6.07, 6.45) is 4.62. The molecule has 1 aliphatic rings. The zero-order chi connectivity index (χ0) is 13.1. The van der Waals surface area contributed by atoms with Crippen molar-refractivity contribution in [1.82, 2.24) is 10.6 Å². The van der Waals surface area contributed by atoms with Crippen molar-refractivity contribution in [3.8, 4) is 0 Å². The number of benzene rings is 1. The summed E-state index contributed by atoms with van der Waals surface area (Å²) in [5.74, 6) is 0.116. The average molecular weight is 258 g/mol. The molecule has 1 aromatic carbocycles. The highest BCUT2D eigenvalue weighted by Gasteiger charge is 2.21. The standard InChI is InChI=1S/C15H18N2O2/c18-15(13-5-3-8-16-13)17-9-7-11-10-19-14-6-2-1-4-12(11)14/h1-2,4,6,10,13,16H,3,5,7-9H2,(H,17,18). The molecule has 0 radical (unpaired) electrons. The van der Waals surface area contributed by atoms with E-state index in [4.69, 9.17) is 4.42 Å². The van der Waals surface area contributed by atoms with E-state index >= 15 is 0 Å². The number of carbonyl (C=O) groups excluding carboxylic acids is 1. The van der Waals surface area contributed by atoms with E-state index in [0.717, 1.165) is 42.3 Å². The van der Waals surface area contributed by atoms with Crippen LogP contribution < -0.4 is 10.6 Å². The minimum Gasteiger partial charge on any atom is -0.464 e. The summed E-state index contributed by atoms with van der Waals surface area (Å²) in [6, 6.07) is 7.97. The first-order valence-electron chi connectivity index (χ1n) is 6.81. The molecule has 1 fully saturated rings. The van der Waals surface area contributed by atoms with Crippen molar-refractivity contribution in [3.63, 3.8) is 0 Å². The molecular weight excluding hydrogens is 240 g/mol. The molecule has 0 aliphatic carbocycles. The van der Waals surface area contributed by atoms with Gasteiger partial charge in [0, 0.05) is 11.9 Å². The summed E-state index contributed by atoms with van der Waals surface area (Å²) in [4.78, 5) is 11.8. The molecule has 4 nitrogen and oxygen atoms in total. The minimum atomic E-state index is 0.00101. The average Bonchev–Trinajstić information content (AvgIpc) is 3.08. The molecule has 0 spiro atoms. The fraction of sp³-hybridized carbons (Fsp3) is 0.400. The van der Waals surface area contributed by atoms with Crippen LogP contribution in [0.2, 0.25) is 0 Å². The first-order valence-corrected chi connectivity index (χ1v) is 6.81. The predicted octanol–water partition coefficient (Wildman–Crippen LogP) is 1.84. The number of rotatable bonds is 4. The quantitative estimate of drug-likeness (QED) is 0.880. The van der Waals surface area contributed by atoms with Gasteiger partial charge in [0.2, 0.25) is 5.91 Å². The molecule has 4 heteroatoms. The van der Waals surface area contributed by atoms with Crippen LogP contribution in [0, 0.1) is 0 Å². The lowest BCUT2D eigenvalue weighted by Crippen LogP contribution is -2.41. The van der Waals surface area contributed by atoms with Crippen LogP contribution in [0.1, 0.15) is 18.4 Å². The molecule has 1 amide bonds. The summed E-state index contributed by atoms with van der Waals surface area (Å²) in [7, 11) is 0. The summed E-state index contributed by atoms with van der Waals surface area (Å²) >= 11 is 0. The summed E-state index contributed by atoms with van der Waals surface area (Å²) in [5, 5.41) is 7.32. The number of amides is 1. The Bertz CT molecular complexity index is 570. The van der Waals surface area contributed by atoms with E-state index in [9.17, 15) is 4.79 Å². The summed E-state index contributed by atoms with van der Waals surface area (Å²) in [6.45, 7) is 1.60. The lowest BCUT2D eigenvalue weighted by atomic mass is 10.1. The highest BCUT2D eigenvalue weighted by molar-refractivity contribution is 5.82. The molecule has 1 atom stereocenters. The molecule has 1 aromatic heterocycles. The largest absolute Gasteiger partial charge is 0.464 e. The second kappa shape index (κ2) is 5.45. The van der Waals surface area contributed by atoms with Crippen molar-refractivity contribution in [2.75, 3.05) is 13.1 Å². The van der Waals surface area contributed by atoms with Crippen LogP contribution in [0.5, 0.6) is 0 Å². The van der Waals surface area contributed by atoms with Crippen molar-refractivity contribution in [3.05, 3.63) is 36.1 Å². The molecule has 19 heavy (non-hydrogen) atoms. The van der Waals surface area contributed by atoms with E-state index < -0.39 is 0 Å². The van der Waals surface area contributed by atoms with Gasteiger partial charge in [-0.2, -0.15) is 0 Å². The maximum Gasteiger partial charge on any atom is 0.237 e. The maximum absolute atomic E-state index is 11.8. The number of hydrogen-bond acceptors (Lipinski definition) is 3. The highest BCUT2D eigenvalue weighted by Crippen LogP contribution is 2.20. The third-order valence-corrected chi connectivity index (χ3v) is 3.63. The number of furan rings is 1. The Morgan fingerprint density at radius 1 is 1.42 bits per heavy atom. The van der Waals surface area contributed by atoms with E-state index in [2.05, 4.69) is 16.7 Å². The fourth-order valence-corrected chi connectivity index (χ4v) is 2.58. The third kappa shape index (κ3) is 2.63. The van der Waals surface area contributed by atoms with Crippen LogP contribution in [-0.2, 0) is 11.2 Å². The Balaban J connectivity index is 1.56. The van der Waals surface area contributed by atoms with Crippen LogP contribution in [0.15, 0.2) is 34.9 Å². The van der Waals surface area contributed by atoms with Gasteiger partial charge < -0.3 is 15.1 Å². The van der Waals surface area contributed by atoms with Crippen LogP contribution in [0.4, 0.5) is 0 Å². The van der Waals surface area contributed by atoms with Gasteiger partial charge in [0.15, 0.2) is 0 Å². The second-order valence-electron chi connectivity index (χ2n) is 4.95. The van der Waals surface area contributed by atoms with Gasteiger partial charge >= 0.3 is 0 Å². The molecule has 0 saturated carbocycles. The fourth-order valence-electron chi connectivity index (χ4n) is 2.58. The van der Waals surface area contributed by atoms with Crippen LogP contribution >= 0.6 is 0 Å². The first kappa shape index (κ1) is 12.2. The van der Waals surface area contributed by atoms with Gasteiger partial charge in [-0.05, 0) is 37.4 Å². The Morgan fingerprint density at radius 2 is 2.32 bits per heavy atom. The minimum absolute atomic E-state index is 0.00101. The number of para-hydroxylation sites is 1. The summed E-state index contributed by atoms with van der Waals surface area (Å²) in [5.41, 5.74) is 2.05. The van der Waals surface area contributed by atoms with Gasteiger partial charge in [0.25, 0.3) is 0 Å². The van der Waals surface area contributed by atoms with Gasteiger partial charge in [0.1, 0.15) is 5.58 Å². The third-order valence-electron chi connectivity index (χ3n) is 3.63. The lowest BCUT2D eigenvalue weighted by molar-refractivity contribution is -0.122. The van der Waals surface area contributed by atoms with Crippen molar-refractivity contribution in [1.29, 1.82) is 0 Å². The number of hydrogen-bond donors (Lipinski definition) is 2. The van der Waals surface area contributed by atoms with E-state index in [1.807, 2.05) is 18.2 Å². The Morgan fingerprint density at radius 3 is 3.16 bits per heavy atom. The second-order valence-corrected chi connectivity index (χ2v) is 4.95. The molecule has 1 saturated heterocycles. The molecule has 1 aliphatic heterocycles. The van der Waals surface area contributed by atoms with Crippen molar-refractivity contribution in [2.45, 2.75) is 25.3 Å². The van der Waals surface area contributed by atoms with Crippen LogP contribution in [-0.4, -0.2) is 25.0 Å². The van der Waals surface area contributed by atoms with Gasteiger partial charge in [0.05, 0.1) is 12.3 Å². The van der Waals surface area contributed by atoms with E-state index in [-0.39, 0.29) is 11.9 Å². The highest BCUT2D eigenvalue weighted by atomic mass is 16.3. The Kier molecular flexibility index (Phi) is 3.51. The van der Waals surface area contributed by atoms with Crippen molar-refractivity contribution in [2.24, 2.45) is 0 Å². The predicted molar refractivity (Wildman–Crippen MR) is 74.0 cm³/mol. The monoisotopic (exact) mass is 258 g/mol. The van der Waals surface area contributed by atoms with E-state index in [1.54, 1.807) is 6.26 Å². The van der Waals surface area contributed by atoms with Gasteiger partial charge in [-0.3, -0.25) is 4.79 Å². The number of nitrogens with one attached hydrogen (secondary N) is 2. The van der Waals surface area contributed by atoms with Gasteiger partial charge in [-0.25, -0.2) is 0 Å². The maximum atomic E-state index is 11.8. The zero-order valence-corrected chi connectivity index (χ0v) is 10.8. The molecule has 2 N–H and O–H groups in total. The van der Waals surface area contributed by atoms with Gasteiger partial charge in [-0.1, -0.05) is 18.2 Å². The van der Waals surface area contributed by atoms with Crippen molar-refractivity contribution < 1.29 is 9.21 Å². The normalized spacial score (nSPS) is 18.8. The van der Waals surface area contributed by atoms with Gasteiger partial charge in [-0.15, -0.1) is 0 Å². The van der Waals surface area contributed by atoms with Crippen LogP contribution in [0.3, 0.4) is 0 Å². The molecule has 2 aromatic rings. The SMILES string of the molecule is O=C(NCCc1coc2ccccc12)C1CCCN1. The van der Waals surface area contributed by atoms with E-state index in [0.29, 0.717) is 6.54 Å². The Labute approximate surface area is 112 Å². The molecule has 1 unspecified atom stereocenters. The molecule has 2 heterocycles. The Hall–Kier alpha value is -1.81. The molecule has 0 bridgehead atoms. The zero-order valence-electron chi connectivity index (χ0n) is 10.8. The van der Waals surface area contributed by atoms with Crippen LogP contribution in [0.25, 0.3) is 11.0 Å². The summed E-state index contributed by atoms with van der Waals surface area (Å²) < 4.78 is 5.48. The molecule has 3 rings (SSSR count). The lowest BCUT2D eigenvalue weighted by Gasteiger charge is -2.10. The van der Waals surface area contributed by atoms with E-state index in [1.165, 1.54) is 0 Å². The smallest absolute Gasteiger partial charge is 0.237 e. The first-order chi connectivity index (χ1) is 9.34.